The molecule has 0 aliphatic rings. The smallest absolute Gasteiger partial charge is 0.280 e. The van der Waals surface area contributed by atoms with E-state index in [1.165, 1.54) is 0 Å². The zero-order valence-electron chi connectivity index (χ0n) is 8.24. The molecule has 0 aliphatic heterocycles. The first kappa shape index (κ1) is 12.0. The largest absolute Gasteiger partial charge is 0.326 e. The standard InChI is InChI=1S/C10H8F2N4/c11-10(12)9-7(1-2-13)8(4-15)6(3-14)5-16-9/h5,10H,1,3,14H2. The molecule has 0 aromatic carbocycles. The number of nitrogens with zero attached hydrogens (tertiary/aromatic N) is 3. The SMILES string of the molecule is N#CCc1c(C(F)F)ncc(CN)c1C#N. The number of pyridine rings is 1. The van der Waals surface area contributed by atoms with E-state index in [1.807, 2.05) is 0 Å². The predicted molar refractivity (Wildman–Crippen MR) is 51.1 cm³/mol. The normalized spacial score (nSPS) is 9.88. The Hall–Kier alpha value is -2.05. The van der Waals surface area contributed by atoms with Crippen LogP contribution < -0.4 is 5.73 Å². The molecule has 0 saturated heterocycles. The minimum Gasteiger partial charge on any atom is -0.326 e. The topological polar surface area (TPSA) is 86.5 Å². The molecule has 0 atom stereocenters. The lowest BCUT2D eigenvalue weighted by molar-refractivity contribution is 0.145. The highest BCUT2D eigenvalue weighted by Gasteiger charge is 2.20. The number of nitriles is 2. The summed E-state index contributed by atoms with van der Waals surface area (Å²) in [6.07, 6.45) is -1.92. The van der Waals surface area contributed by atoms with Crippen LogP contribution in [0.2, 0.25) is 0 Å². The van der Waals surface area contributed by atoms with Gasteiger partial charge < -0.3 is 5.73 Å². The summed E-state index contributed by atoms with van der Waals surface area (Å²) in [6.45, 7) is 0.0256. The van der Waals surface area contributed by atoms with Gasteiger partial charge in [0.15, 0.2) is 0 Å². The number of hydrogen-bond donors (Lipinski definition) is 1. The van der Waals surface area contributed by atoms with Crippen LogP contribution in [0, 0.1) is 22.7 Å². The van der Waals surface area contributed by atoms with E-state index in [0.29, 0.717) is 5.56 Å². The molecule has 6 heteroatoms. The van der Waals surface area contributed by atoms with Crippen molar-refractivity contribution >= 4 is 0 Å². The Morgan fingerprint density at radius 2 is 2.12 bits per heavy atom. The molecule has 1 heterocycles. The Labute approximate surface area is 90.9 Å². The van der Waals surface area contributed by atoms with Crippen LogP contribution in [0.1, 0.15) is 28.8 Å². The van der Waals surface area contributed by atoms with Crippen LogP contribution in [0.15, 0.2) is 6.20 Å². The van der Waals surface area contributed by atoms with E-state index >= 15 is 0 Å². The molecule has 16 heavy (non-hydrogen) atoms. The highest BCUT2D eigenvalue weighted by molar-refractivity contribution is 5.46. The average molecular weight is 222 g/mol. The van der Waals surface area contributed by atoms with Gasteiger partial charge in [0.25, 0.3) is 6.43 Å². The van der Waals surface area contributed by atoms with E-state index in [4.69, 9.17) is 16.3 Å². The van der Waals surface area contributed by atoms with Crippen molar-refractivity contribution in [2.45, 2.75) is 19.4 Å². The van der Waals surface area contributed by atoms with E-state index in [0.717, 1.165) is 6.20 Å². The lowest BCUT2D eigenvalue weighted by atomic mass is 10.00. The molecule has 1 aromatic rings. The maximum absolute atomic E-state index is 12.6. The molecule has 1 aromatic heterocycles. The van der Waals surface area contributed by atoms with Crippen LogP contribution in [0.25, 0.3) is 0 Å². The summed E-state index contributed by atoms with van der Waals surface area (Å²) in [4.78, 5) is 3.54. The van der Waals surface area contributed by atoms with Crippen molar-refractivity contribution in [3.8, 4) is 12.1 Å². The minimum atomic E-state index is -2.80. The second kappa shape index (κ2) is 5.15. The molecular formula is C10H8F2N4. The van der Waals surface area contributed by atoms with Crippen molar-refractivity contribution in [2.75, 3.05) is 0 Å². The molecule has 82 valence electrons. The van der Waals surface area contributed by atoms with Crippen LogP contribution in [0.4, 0.5) is 8.78 Å². The lowest BCUT2D eigenvalue weighted by Crippen LogP contribution is -2.08. The van der Waals surface area contributed by atoms with Gasteiger partial charge in [-0.25, -0.2) is 8.78 Å². The molecule has 0 amide bonds. The van der Waals surface area contributed by atoms with Crippen LogP contribution in [0.3, 0.4) is 0 Å². The lowest BCUT2D eigenvalue weighted by Gasteiger charge is -2.09. The molecule has 4 nitrogen and oxygen atoms in total. The predicted octanol–water partition coefficient (Wildman–Crippen LogP) is 1.42. The van der Waals surface area contributed by atoms with Gasteiger partial charge in [-0.2, -0.15) is 10.5 Å². The van der Waals surface area contributed by atoms with Gasteiger partial charge in [-0.1, -0.05) is 0 Å². The average Bonchev–Trinajstić information content (AvgIpc) is 2.28. The van der Waals surface area contributed by atoms with Gasteiger partial charge >= 0.3 is 0 Å². The van der Waals surface area contributed by atoms with E-state index in [2.05, 4.69) is 4.98 Å². The number of aromatic nitrogens is 1. The van der Waals surface area contributed by atoms with Gasteiger partial charge in [0.05, 0.1) is 24.1 Å². The highest BCUT2D eigenvalue weighted by Crippen LogP contribution is 2.25. The van der Waals surface area contributed by atoms with Gasteiger partial charge in [0.1, 0.15) is 5.69 Å². The Bertz CT molecular complexity index is 471. The second-order valence-corrected chi connectivity index (χ2v) is 2.97. The third-order valence-corrected chi connectivity index (χ3v) is 2.09. The van der Waals surface area contributed by atoms with E-state index in [1.54, 1.807) is 12.1 Å². The van der Waals surface area contributed by atoms with Gasteiger partial charge in [-0.3, -0.25) is 4.98 Å². The van der Waals surface area contributed by atoms with Crippen LogP contribution in [-0.4, -0.2) is 4.98 Å². The van der Waals surface area contributed by atoms with Gasteiger partial charge in [-0.15, -0.1) is 0 Å². The monoisotopic (exact) mass is 222 g/mol. The minimum absolute atomic E-state index is 0.0250. The molecule has 0 spiro atoms. The molecule has 0 unspecified atom stereocenters. The van der Waals surface area contributed by atoms with Crippen molar-refractivity contribution in [2.24, 2.45) is 5.73 Å². The summed E-state index contributed by atoms with van der Waals surface area (Å²) < 4.78 is 25.2. The summed E-state index contributed by atoms with van der Waals surface area (Å²) in [5, 5.41) is 17.4. The molecule has 0 aliphatic carbocycles. The maximum Gasteiger partial charge on any atom is 0.280 e. The van der Waals surface area contributed by atoms with Crippen molar-refractivity contribution in [1.29, 1.82) is 10.5 Å². The van der Waals surface area contributed by atoms with Crippen LogP contribution >= 0.6 is 0 Å². The van der Waals surface area contributed by atoms with Crippen molar-refractivity contribution in [1.82, 2.24) is 4.98 Å². The third kappa shape index (κ3) is 2.13. The summed E-state index contributed by atoms with van der Waals surface area (Å²) in [5.41, 5.74) is 5.22. The van der Waals surface area contributed by atoms with E-state index in [-0.39, 0.29) is 24.1 Å². The first-order valence-electron chi connectivity index (χ1n) is 4.41. The quantitative estimate of drug-likeness (QED) is 0.837. The van der Waals surface area contributed by atoms with Crippen molar-refractivity contribution in [3.63, 3.8) is 0 Å². The second-order valence-electron chi connectivity index (χ2n) is 2.97. The van der Waals surface area contributed by atoms with Crippen molar-refractivity contribution < 1.29 is 8.78 Å². The number of rotatable bonds is 3. The Kier molecular flexibility index (Phi) is 3.87. The zero-order chi connectivity index (χ0) is 12.1. The molecular weight excluding hydrogens is 214 g/mol. The molecule has 0 bridgehead atoms. The van der Waals surface area contributed by atoms with Crippen LogP contribution in [0.5, 0.6) is 0 Å². The zero-order valence-corrected chi connectivity index (χ0v) is 8.24. The summed E-state index contributed by atoms with van der Waals surface area (Å²) in [6, 6.07) is 3.53. The Morgan fingerprint density at radius 1 is 1.44 bits per heavy atom. The number of alkyl halides is 2. The summed E-state index contributed by atoms with van der Waals surface area (Å²) >= 11 is 0. The highest BCUT2D eigenvalue weighted by atomic mass is 19.3. The third-order valence-electron chi connectivity index (χ3n) is 2.09. The maximum atomic E-state index is 12.6. The first-order valence-corrected chi connectivity index (χ1v) is 4.41. The molecule has 0 fully saturated rings. The molecule has 2 N–H and O–H groups in total. The number of halogens is 2. The van der Waals surface area contributed by atoms with E-state index in [9.17, 15) is 8.78 Å². The molecule has 0 radical (unpaired) electrons. The first-order chi connectivity index (χ1) is 7.65. The summed E-state index contributed by atoms with van der Waals surface area (Å²) in [5.74, 6) is 0. The van der Waals surface area contributed by atoms with Crippen LogP contribution in [-0.2, 0) is 13.0 Å². The Morgan fingerprint density at radius 3 is 2.56 bits per heavy atom. The fraction of sp³-hybridized carbons (Fsp3) is 0.300. The van der Waals surface area contributed by atoms with E-state index < -0.39 is 12.1 Å². The van der Waals surface area contributed by atoms with Gasteiger partial charge in [0, 0.05) is 23.9 Å². The number of nitrogens with two attached hydrogens (primary N) is 1. The van der Waals surface area contributed by atoms with Gasteiger partial charge in [0.2, 0.25) is 0 Å². The van der Waals surface area contributed by atoms with Gasteiger partial charge in [-0.05, 0) is 0 Å². The fourth-order valence-corrected chi connectivity index (χ4v) is 1.35. The Balaban J connectivity index is 3.46. The fourth-order valence-electron chi connectivity index (χ4n) is 1.35. The molecule has 1 rings (SSSR count). The summed E-state index contributed by atoms with van der Waals surface area (Å²) in [7, 11) is 0. The molecule has 0 saturated carbocycles. The number of hydrogen-bond acceptors (Lipinski definition) is 4. The van der Waals surface area contributed by atoms with Crippen molar-refractivity contribution in [3.05, 3.63) is 28.6 Å².